The quantitative estimate of drug-likeness (QED) is 0.738. The Bertz CT molecular complexity index is 642. The molecule has 0 spiro atoms. The van der Waals surface area contributed by atoms with Crippen LogP contribution in [0.2, 0.25) is 0 Å². The summed E-state index contributed by atoms with van der Waals surface area (Å²) in [5.41, 5.74) is 1.01. The number of aromatic amines is 1. The molecule has 1 aliphatic heterocycles. The van der Waals surface area contributed by atoms with Gasteiger partial charge in [0, 0.05) is 53.3 Å². The van der Waals surface area contributed by atoms with Crippen LogP contribution in [-0.2, 0) is 0 Å². The van der Waals surface area contributed by atoms with Crippen molar-refractivity contribution in [3.63, 3.8) is 0 Å². The molecule has 1 fully saturated rings. The molecule has 1 aromatic carbocycles. The van der Waals surface area contributed by atoms with Crippen molar-refractivity contribution in [3.8, 4) is 0 Å². The Morgan fingerprint density at radius 1 is 1.13 bits per heavy atom. The van der Waals surface area contributed by atoms with Crippen LogP contribution >= 0.6 is 40.7 Å². The van der Waals surface area contributed by atoms with Crippen molar-refractivity contribution < 1.29 is 13.2 Å². The molecule has 2 heterocycles. The summed E-state index contributed by atoms with van der Waals surface area (Å²) in [4.78, 5) is 4.44. The Balaban J connectivity index is 0.00000132. The molecule has 0 bridgehead atoms. The zero-order chi connectivity index (χ0) is 15.0. The summed E-state index contributed by atoms with van der Waals surface area (Å²) in [6.45, 7) is 1.95. The zero-order valence-electron chi connectivity index (χ0n) is 12.0. The van der Waals surface area contributed by atoms with Crippen molar-refractivity contribution in [1.82, 2.24) is 15.2 Å². The van der Waals surface area contributed by atoms with E-state index in [0.29, 0.717) is 37.1 Å². The maximum Gasteiger partial charge on any atom is 0.408 e. The topological polar surface area (TPSA) is 31.1 Å². The number of halogens is 6. The minimum absolute atomic E-state index is 0. The van der Waals surface area contributed by atoms with E-state index in [2.05, 4.69) is 26.2 Å². The van der Waals surface area contributed by atoms with E-state index in [0.717, 1.165) is 9.99 Å². The van der Waals surface area contributed by atoms with Crippen molar-refractivity contribution >= 4 is 51.6 Å². The average molecular weight is 435 g/mol. The Kier molecular flexibility index (Phi) is 7.22. The van der Waals surface area contributed by atoms with Gasteiger partial charge in [0.1, 0.15) is 6.04 Å². The van der Waals surface area contributed by atoms with E-state index in [1.807, 2.05) is 6.07 Å². The van der Waals surface area contributed by atoms with Gasteiger partial charge in [0.2, 0.25) is 0 Å². The van der Waals surface area contributed by atoms with Crippen molar-refractivity contribution in [3.05, 3.63) is 34.4 Å². The first-order chi connectivity index (χ1) is 9.97. The summed E-state index contributed by atoms with van der Waals surface area (Å²) in [7, 11) is 0. The van der Waals surface area contributed by atoms with Crippen LogP contribution in [0.15, 0.2) is 28.9 Å². The summed E-state index contributed by atoms with van der Waals surface area (Å²) in [5, 5.41) is 3.70. The molecular formula is C14H17BrCl2F3N3. The van der Waals surface area contributed by atoms with Gasteiger partial charge in [-0.2, -0.15) is 13.2 Å². The highest BCUT2D eigenvalue weighted by Crippen LogP contribution is 2.41. The molecule has 1 aromatic heterocycles. The van der Waals surface area contributed by atoms with E-state index in [1.165, 1.54) is 11.1 Å². The first-order valence-corrected chi connectivity index (χ1v) is 7.54. The third-order valence-electron chi connectivity index (χ3n) is 3.80. The smallest absolute Gasteiger partial charge is 0.361 e. The molecule has 0 unspecified atom stereocenters. The maximum atomic E-state index is 13.6. The van der Waals surface area contributed by atoms with Crippen LogP contribution < -0.4 is 5.32 Å². The van der Waals surface area contributed by atoms with Gasteiger partial charge in [-0.1, -0.05) is 15.9 Å². The Hall–Kier alpha value is -0.470. The highest BCUT2D eigenvalue weighted by atomic mass is 79.9. The zero-order valence-corrected chi connectivity index (χ0v) is 15.2. The molecule has 1 aliphatic rings. The summed E-state index contributed by atoms with van der Waals surface area (Å²) in [5.74, 6) is 0. The van der Waals surface area contributed by atoms with E-state index in [4.69, 9.17) is 0 Å². The monoisotopic (exact) mass is 433 g/mol. The summed E-state index contributed by atoms with van der Waals surface area (Å²) in [6, 6.07) is 3.77. The fraction of sp³-hybridized carbons (Fsp3) is 0.429. The number of nitrogens with one attached hydrogen (secondary N) is 2. The largest absolute Gasteiger partial charge is 0.408 e. The summed E-state index contributed by atoms with van der Waals surface area (Å²) < 4.78 is 41.6. The highest BCUT2D eigenvalue weighted by molar-refractivity contribution is 9.10. The second-order valence-electron chi connectivity index (χ2n) is 5.16. The van der Waals surface area contributed by atoms with Gasteiger partial charge >= 0.3 is 6.18 Å². The second-order valence-corrected chi connectivity index (χ2v) is 6.08. The first kappa shape index (κ1) is 20.6. The lowest BCUT2D eigenvalue weighted by Gasteiger charge is -2.35. The average Bonchev–Trinajstić information content (AvgIpc) is 2.82. The Morgan fingerprint density at radius 3 is 2.39 bits per heavy atom. The van der Waals surface area contributed by atoms with E-state index in [1.54, 1.807) is 12.1 Å². The lowest BCUT2D eigenvalue weighted by Crippen LogP contribution is -2.49. The second kappa shape index (κ2) is 8.07. The van der Waals surface area contributed by atoms with Gasteiger partial charge in [-0.15, -0.1) is 24.8 Å². The van der Waals surface area contributed by atoms with Crippen LogP contribution in [0.1, 0.15) is 11.6 Å². The van der Waals surface area contributed by atoms with Crippen molar-refractivity contribution in [1.29, 1.82) is 0 Å². The van der Waals surface area contributed by atoms with Gasteiger partial charge in [-0.3, -0.25) is 4.90 Å². The van der Waals surface area contributed by atoms with Crippen LogP contribution in [0, 0.1) is 0 Å². The molecule has 0 radical (unpaired) electrons. The van der Waals surface area contributed by atoms with Gasteiger partial charge in [0.05, 0.1) is 0 Å². The minimum atomic E-state index is -4.30. The maximum absolute atomic E-state index is 13.6. The number of hydrogen-bond donors (Lipinski definition) is 2. The number of hydrogen-bond acceptors (Lipinski definition) is 2. The number of nitrogens with zero attached hydrogens (tertiary/aromatic N) is 1. The number of rotatable bonds is 2. The van der Waals surface area contributed by atoms with Crippen LogP contribution in [0.5, 0.6) is 0 Å². The van der Waals surface area contributed by atoms with Gasteiger partial charge in [0.25, 0.3) is 0 Å². The van der Waals surface area contributed by atoms with Gasteiger partial charge in [-0.05, 0) is 18.2 Å². The van der Waals surface area contributed by atoms with Crippen molar-refractivity contribution in [2.45, 2.75) is 12.2 Å². The lowest BCUT2D eigenvalue weighted by molar-refractivity contribution is -0.187. The molecule has 0 saturated carbocycles. The standard InChI is InChI=1S/C14H15BrF3N3.2ClH/c15-9-1-2-12-10(7-9)11(8-20-12)13(14(16,17)18)21-5-3-19-4-6-21;;/h1-2,7-8,13,19-20H,3-6H2;2*1H/t13-;;/m1../s1. The van der Waals surface area contributed by atoms with E-state index < -0.39 is 12.2 Å². The summed E-state index contributed by atoms with van der Waals surface area (Å²) >= 11 is 3.33. The number of piperazine rings is 1. The van der Waals surface area contributed by atoms with Crippen molar-refractivity contribution in [2.75, 3.05) is 26.2 Å². The Labute approximate surface area is 152 Å². The molecule has 3 nitrogen and oxygen atoms in total. The molecule has 1 saturated heterocycles. The minimum Gasteiger partial charge on any atom is -0.361 e. The van der Waals surface area contributed by atoms with E-state index in [-0.39, 0.29) is 24.8 Å². The molecule has 23 heavy (non-hydrogen) atoms. The normalized spacial score (nSPS) is 17.4. The van der Waals surface area contributed by atoms with Gasteiger partial charge in [-0.25, -0.2) is 0 Å². The van der Waals surface area contributed by atoms with Crippen LogP contribution in [0.25, 0.3) is 10.9 Å². The van der Waals surface area contributed by atoms with Crippen molar-refractivity contribution in [2.24, 2.45) is 0 Å². The highest BCUT2D eigenvalue weighted by Gasteiger charge is 2.45. The number of H-pyrrole nitrogens is 1. The lowest BCUT2D eigenvalue weighted by atomic mass is 10.0. The molecule has 2 aromatic rings. The predicted octanol–water partition coefficient (Wildman–Crippen LogP) is 4.28. The molecule has 2 N–H and O–H groups in total. The van der Waals surface area contributed by atoms with Gasteiger partial charge in [0.15, 0.2) is 0 Å². The van der Waals surface area contributed by atoms with Crippen LogP contribution in [0.3, 0.4) is 0 Å². The molecule has 0 amide bonds. The third kappa shape index (κ3) is 4.33. The molecule has 3 rings (SSSR count). The number of benzene rings is 1. The van der Waals surface area contributed by atoms with Crippen LogP contribution in [-0.4, -0.2) is 42.2 Å². The van der Waals surface area contributed by atoms with Gasteiger partial charge < -0.3 is 10.3 Å². The number of alkyl halides is 3. The third-order valence-corrected chi connectivity index (χ3v) is 4.29. The number of fused-ring (bicyclic) bond motifs is 1. The Morgan fingerprint density at radius 2 is 1.78 bits per heavy atom. The van der Waals surface area contributed by atoms with E-state index >= 15 is 0 Å². The van der Waals surface area contributed by atoms with E-state index in [9.17, 15) is 13.2 Å². The van der Waals surface area contributed by atoms with Crippen LogP contribution in [0.4, 0.5) is 13.2 Å². The fourth-order valence-electron chi connectivity index (χ4n) is 2.86. The molecule has 130 valence electrons. The molecule has 0 aliphatic carbocycles. The summed E-state index contributed by atoms with van der Waals surface area (Å²) in [6.07, 6.45) is -2.81. The molecule has 9 heteroatoms. The molecular weight excluding hydrogens is 418 g/mol. The first-order valence-electron chi connectivity index (χ1n) is 6.75. The number of aromatic nitrogens is 1. The fourth-order valence-corrected chi connectivity index (χ4v) is 3.22. The SMILES string of the molecule is Cl.Cl.FC(F)(F)[C@@H](c1c[nH]c2ccc(Br)cc12)N1CCNCC1. The molecule has 1 atom stereocenters. The predicted molar refractivity (Wildman–Crippen MR) is 93.7 cm³/mol.